The van der Waals surface area contributed by atoms with Gasteiger partial charge in [0.05, 0.1) is 0 Å². The number of nitrogens with one attached hydrogen (secondary N) is 1. The summed E-state index contributed by atoms with van der Waals surface area (Å²) in [5, 5.41) is 3.80. The van der Waals surface area contributed by atoms with Crippen molar-refractivity contribution < 1.29 is 0 Å². The van der Waals surface area contributed by atoms with E-state index in [2.05, 4.69) is 27.1 Å². The summed E-state index contributed by atoms with van der Waals surface area (Å²) in [6, 6.07) is 0.421. The third-order valence-electron chi connectivity index (χ3n) is 3.57. The molecule has 3 N–H and O–H groups in total. The number of nitrogen functional groups attached to an aromatic ring is 1. The summed E-state index contributed by atoms with van der Waals surface area (Å²) in [6.45, 7) is 5.71. The van der Waals surface area contributed by atoms with E-state index in [0.29, 0.717) is 22.7 Å². The predicted octanol–water partition coefficient (Wildman–Crippen LogP) is 2.39. The van der Waals surface area contributed by atoms with Crippen molar-refractivity contribution in [3.63, 3.8) is 0 Å². The van der Waals surface area contributed by atoms with E-state index in [1.807, 2.05) is 0 Å². The molecule has 2 rings (SSSR count). The van der Waals surface area contributed by atoms with Crippen molar-refractivity contribution in [2.75, 3.05) is 30.7 Å². The monoisotopic (exact) mass is 283 g/mol. The molecule has 1 aromatic heterocycles. The first-order chi connectivity index (χ1) is 9.20. The van der Waals surface area contributed by atoms with Gasteiger partial charge >= 0.3 is 0 Å². The smallest absolute Gasteiger partial charge is 0.150 e. The van der Waals surface area contributed by atoms with E-state index in [1.54, 1.807) is 0 Å². The van der Waals surface area contributed by atoms with E-state index in [-0.39, 0.29) is 0 Å². The first-order valence-corrected chi connectivity index (χ1v) is 7.33. The number of halogens is 1. The number of piperidine rings is 1. The van der Waals surface area contributed by atoms with Crippen LogP contribution >= 0.6 is 11.6 Å². The van der Waals surface area contributed by atoms with Crippen LogP contribution in [-0.2, 0) is 0 Å². The van der Waals surface area contributed by atoms with Gasteiger partial charge in [0.1, 0.15) is 17.2 Å². The first kappa shape index (κ1) is 14.3. The van der Waals surface area contributed by atoms with E-state index in [1.165, 1.54) is 25.7 Å². The van der Waals surface area contributed by atoms with Crippen LogP contribution in [0.3, 0.4) is 0 Å². The van der Waals surface area contributed by atoms with Crippen LogP contribution in [0.1, 0.15) is 32.6 Å². The van der Waals surface area contributed by atoms with Gasteiger partial charge in [0.15, 0.2) is 5.82 Å². The molecule has 0 unspecified atom stereocenters. The molecule has 0 aromatic carbocycles. The van der Waals surface area contributed by atoms with Crippen molar-refractivity contribution in [2.24, 2.45) is 0 Å². The van der Waals surface area contributed by atoms with Crippen LogP contribution in [0.4, 0.5) is 11.6 Å². The highest BCUT2D eigenvalue weighted by Crippen LogP contribution is 2.25. The molecule has 1 aliphatic heterocycles. The van der Waals surface area contributed by atoms with Gasteiger partial charge in [-0.1, -0.05) is 24.9 Å². The van der Waals surface area contributed by atoms with E-state index >= 15 is 0 Å². The maximum Gasteiger partial charge on any atom is 0.150 e. The maximum atomic E-state index is 6.09. The Kier molecular flexibility index (Phi) is 5.22. The highest BCUT2D eigenvalue weighted by molar-refractivity contribution is 6.35. The van der Waals surface area contributed by atoms with Crippen LogP contribution in [-0.4, -0.2) is 40.5 Å². The highest BCUT2D eigenvalue weighted by Gasteiger charge is 2.20. The van der Waals surface area contributed by atoms with Crippen molar-refractivity contribution >= 4 is 23.2 Å². The summed E-state index contributed by atoms with van der Waals surface area (Å²) in [6.07, 6.45) is 6.22. The number of rotatable bonds is 5. The number of aromatic nitrogens is 2. The molecule has 1 aliphatic rings. The van der Waals surface area contributed by atoms with Gasteiger partial charge in [-0.05, 0) is 25.8 Å². The molecular formula is C13H22ClN5. The summed E-state index contributed by atoms with van der Waals surface area (Å²) >= 11 is 6.09. The van der Waals surface area contributed by atoms with Gasteiger partial charge in [-0.3, -0.25) is 0 Å². The normalized spacial score (nSPS) is 17.6. The van der Waals surface area contributed by atoms with Crippen LogP contribution in [0.5, 0.6) is 0 Å². The fourth-order valence-electron chi connectivity index (χ4n) is 2.36. The fourth-order valence-corrected chi connectivity index (χ4v) is 2.51. The average Bonchev–Trinajstić information content (AvgIpc) is 2.43. The Morgan fingerprint density at radius 2 is 2.16 bits per heavy atom. The molecule has 0 saturated carbocycles. The Balaban J connectivity index is 1.84. The van der Waals surface area contributed by atoms with Gasteiger partial charge in [-0.15, -0.1) is 0 Å². The van der Waals surface area contributed by atoms with Gasteiger partial charge in [-0.25, -0.2) is 9.97 Å². The summed E-state index contributed by atoms with van der Waals surface area (Å²) in [7, 11) is 0. The number of anilines is 2. The van der Waals surface area contributed by atoms with E-state index in [0.717, 1.165) is 25.9 Å². The minimum atomic E-state index is 0.333. The standard InChI is InChI=1S/C13H22ClN5/c1-2-3-6-19-7-4-10(5-8-19)18-13-11(14)12(15)16-9-17-13/h9-10H,2-8H2,1H3,(H3,15,16,17,18). The zero-order valence-electron chi connectivity index (χ0n) is 11.4. The van der Waals surface area contributed by atoms with Crippen LogP contribution in [0.15, 0.2) is 6.33 Å². The average molecular weight is 284 g/mol. The molecule has 2 heterocycles. The van der Waals surface area contributed by atoms with Crippen LogP contribution in [0.25, 0.3) is 0 Å². The molecule has 0 aliphatic carbocycles. The molecule has 1 aromatic rings. The molecule has 1 fully saturated rings. The Labute approximate surface area is 119 Å². The van der Waals surface area contributed by atoms with Crippen molar-refractivity contribution in [1.82, 2.24) is 14.9 Å². The van der Waals surface area contributed by atoms with E-state index in [4.69, 9.17) is 17.3 Å². The van der Waals surface area contributed by atoms with Crippen molar-refractivity contribution in [3.8, 4) is 0 Å². The van der Waals surface area contributed by atoms with Gasteiger partial charge in [0.25, 0.3) is 0 Å². The third-order valence-corrected chi connectivity index (χ3v) is 3.95. The number of likely N-dealkylation sites (tertiary alicyclic amines) is 1. The summed E-state index contributed by atoms with van der Waals surface area (Å²) < 4.78 is 0. The summed E-state index contributed by atoms with van der Waals surface area (Å²) in [5.74, 6) is 0.987. The minimum absolute atomic E-state index is 0.333. The lowest BCUT2D eigenvalue weighted by atomic mass is 10.0. The van der Waals surface area contributed by atoms with E-state index in [9.17, 15) is 0 Å². The number of hydrogen-bond acceptors (Lipinski definition) is 5. The number of nitrogens with zero attached hydrogens (tertiary/aromatic N) is 3. The van der Waals surface area contributed by atoms with Crippen LogP contribution < -0.4 is 11.1 Å². The highest BCUT2D eigenvalue weighted by atomic mass is 35.5. The van der Waals surface area contributed by atoms with Gasteiger partial charge in [0.2, 0.25) is 0 Å². The predicted molar refractivity (Wildman–Crippen MR) is 79.4 cm³/mol. The number of unbranched alkanes of at least 4 members (excludes halogenated alkanes) is 1. The number of nitrogens with two attached hydrogens (primary N) is 1. The molecule has 6 heteroatoms. The molecule has 0 bridgehead atoms. The summed E-state index contributed by atoms with van der Waals surface area (Å²) in [4.78, 5) is 10.5. The Hall–Kier alpha value is -1.07. The van der Waals surface area contributed by atoms with Crippen molar-refractivity contribution in [3.05, 3.63) is 11.3 Å². The molecular weight excluding hydrogens is 262 g/mol. The SMILES string of the molecule is CCCCN1CCC(Nc2ncnc(N)c2Cl)CC1. The van der Waals surface area contributed by atoms with Gasteiger partial charge in [0, 0.05) is 19.1 Å². The second kappa shape index (κ2) is 6.91. The quantitative estimate of drug-likeness (QED) is 0.868. The molecule has 106 valence electrons. The summed E-state index contributed by atoms with van der Waals surface area (Å²) in [5.41, 5.74) is 5.67. The molecule has 0 atom stereocenters. The maximum absolute atomic E-state index is 6.09. The molecule has 5 nitrogen and oxygen atoms in total. The molecule has 1 saturated heterocycles. The topological polar surface area (TPSA) is 67.1 Å². The lowest BCUT2D eigenvalue weighted by Gasteiger charge is -2.32. The van der Waals surface area contributed by atoms with E-state index < -0.39 is 0 Å². The molecule has 19 heavy (non-hydrogen) atoms. The van der Waals surface area contributed by atoms with Gasteiger partial charge in [-0.2, -0.15) is 0 Å². The van der Waals surface area contributed by atoms with Crippen LogP contribution in [0.2, 0.25) is 5.02 Å². The Morgan fingerprint density at radius 3 is 2.84 bits per heavy atom. The van der Waals surface area contributed by atoms with Crippen LogP contribution in [0, 0.1) is 0 Å². The lowest BCUT2D eigenvalue weighted by Crippen LogP contribution is -2.39. The fraction of sp³-hybridized carbons (Fsp3) is 0.692. The molecule has 0 spiro atoms. The molecule has 0 amide bonds. The zero-order valence-corrected chi connectivity index (χ0v) is 12.2. The Bertz CT molecular complexity index is 404. The zero-order chi connectivity index (χ0) is 13.7. The second-order valence-electron chi connectivity index (χ2n) is 5.04. The van der Waals surface area contributed by atoms with Crippen molar-refractivity contribution in [1.29, 1.82) is 0 Å². The largest absolute Gasteiger partial charge is 0.382 e. The lowest BCUT2D eigenvalue weighted by molar-refractivity contribution is 0.216. The van der Waals surface area contributed by atoms with Crippen molar-refractivity contribution in [2.45, 2.75) is 38.6 Å². The molecule has 0 radical (unpaired) electrons. The second-order valence-corrected chi connectivity index (χ2v) is 5.41. The van der Waals surface area contributed by atoms with Gasteiger partial charge < -0.3 is 16.0 Å². The minimum Gasteiger partial charge on any atom is -0.382 e. The number of hydrogen-bond donors (Lipinski definition) is 2. The first-order valence-electron chi connectivity index (χ1n) is 6.95. The third kappa shape index (κ3) is 3.94. The Morgan fingerprint density at radius 1 is 1.42 bits per heavy atom.